The van der Waals surface area contributed by atoms with Crippen LogP contribution in [0.3, 0.4) is 0 Å². The molecule has 1 aromatic heterocycles. The Hall–Kier alpha value is -1.76. The minimum absolute atomic E-state index is 0.108. The third-order valence-electron chi connectivity index (χ3n) is 4.18. The number of carbonyl (C=O) groups is 2. The minimum atomic E-state index is -0.208. The Bertz CT molecular complexity index is 573. The van der Waals surface area contributed by atoms with Crippen LogP contribution in [0.25, 0.3) is 0 Å². The number of rotatable bonds is 2. The molecule has 0 radical (unpaired) electrons. The number of hydrogen-bond donors (Lipinski definition) is 2. The van der Waals surface area contributed by atoms with Gasteiger partial charge in [-0.1, -0.05) is 11.6 Å². The molecule has 2 saturated heterocycles. The number of piperidine rings is 1. The van der Waals surface area contributed by atoms with Crippen LogP contribution < -0.4 is 5.73 Å². The van der Waals surface area contributed by atoms with Gasteiger partial charge in [0.2, 0.25) is 5.91 Å². The molecule has 2 fully saturated rings. The van der Waals surface area contributed by atoms with Gasteiger partial charge in [-0.2, -0.15) is 5.10 Å². The minimum Gasteiger partial charge on any atom is -0.381 e. The maximum absolute atomic E-state index is 12.5. The first-order chi connectivity index (χ1) is 10.1. The van der Waals surface area contributed by atoms with Gasteiger partial charge in [0.15, 0.2) is 5.82 Å². The van der Waals surface area contributed by atoms with E-state index < -0.39 is 0 Å². The van der Waals surface area contributed by atoms with Gasteiger partial charge >= 0.3 is 0 Å². The van der Waals surface area contributed by atoms with Gasteiger partial charge in [0.05, 0.1) is 0 Å². The van der Waals surface area contributed by atoms with Crippen molar-refractivity contribution in [2.24, 2.45) is 0 Å². The van der Waals surface area contributed by atoms with Crippen LogP contribution in [0.1, 0.15) is 36.2 Å². The fourth-order valence-electron chi connectivity index (χ4n) is 3.09. The highest BCUT2D eigenvalue weighted by Gasteiger charge is 2.34. The van der Waals surface area contributed by atoms with E-state index in [9.17, 15) is 9.59 Å². The lowest BCUT2D eigenvalue weighted by molar-refractivity contribution is -0.130. The number of amides is 2. The highest BCUT2D eigenvalue weighted by molar-refractivity contribution is 6.35. The van der Waals surface area contributed by atoms with Crippen molar-refractivity contribution in [2.75, 3.05) is 25.4 Å². The van der Waals surface area contributed by atoms with Crippen LogP contribution in [0.2, 0.25) is 5.02 Å². The lowest BCUT2D eigenvalue weighted by Gasteiger charge is -2.37. The number of aromatic amines is 1. The summed E-state index contributed by atoms with van der Waals surface area (Å²) < 4.78 is 0. The molecule has 0 unspecified atom stereocenters. The maximum Gasteiger partial charge on any atom is 0.273 e. The van der Waals surface area contributed by atoms with Crippen molar-refractivity contribution in [3.05, 3.63) is 10.7 Å². The first-order valence-electron chi connectivity index (χ1n) is 7.16. The molecule has 0 saturated carbocycles. The molecule has 7 nitrogen and oxygen atoms in total. The predicted molar refractivity (Wildman–Crippen MR) is 77.9 cm³/mol. The van der Waals surface area contributed by atoms with Crippen LogP contribution in [-0.2, 0) is 4.79 Å². The van der Waals surface area contributed by atoms with Gasteiger partial charge in [0.25, 0.3) is 5.91 Å². The van der Waals surface area contributed by atoms with Crippen molar-refractivity contribution in [1.29, 1.82) is 0 Å². The second-order valence-electron chi connectivity index (χ2n) is 5.54. The number of anilines is 1. The first kappa shape index (κ1) is 14.2. The zero-order valence-electron chi connectivity index (χ0n) is 11.6. The number of nitrogens with two attached hydrogens (primary N) is 1. The van der Waals surface area contributed by atoms with Crippen molar-refractivity contribution in [3.63, 3.8) is 0 Å². The Morgan fingerprint density at radius 1 is 1.38 bits per heavy atom. The topological polar surface area (TPSA) is 95.3 Å². The molecule has 2 aliphatic heterocycles. The normalized spacial score (nSPS) is 22.9. The summed E-state index contributed by atoms with van der Waals surface area (Å²) in [5.74, 6) is 0.113. The van der Waals surface area contributed by atoms with Crippen molar-refractivity contribution >= 4 is 29.2 Å². The van der Waals surface area contributed by atoms with Crippen LogP contribution in [0.15, 0.2) is 0 Å². The molecule has 0 bridgehead atoms. The number of hydrogen-bond acceptors (Lipinski definition) is 4. The molecule has 1 aromatic rings. The molecule has 2 aliphatic rings. The number of halogens is 1. The Labute approximate surface area is 127 Å². The summed E-state index contributed by atoms with van der Waals surface area (Å²) in [6.07, 6.45) is 3.34. The van der Waals surface area contributed by atoms with Crippen LogP contribution in [0.4, 0.5) is 5.82 Å². The van der Waals surface area contributed by atoms with E-state index in [1.807, 2.05) is 4.90 Å². The van der Waals surface area contributed by atoms with Gasteiger partial charge in [0, 0.05) is 32.1 Å². The van der Waals surface area contributed by atoms with E-state index in [-0.39, 0.29) is 34.4 Å². The molecule has 1 atom stereocenters. The van der Waals surface area contributed by atoms with E-state index in [1.165, 1.54) is 0 Å². The summed E-state index contributed by atoms with van der Waals surface area (Å²) in [6.45, 7) is 2.00. The van der Waals surface area contributed by atoms with Gasteiger partial charge in [-0.25, -0.2) is 0 Å². The lowest BCUT2D eigenvalue weighted by Crippen LogP contribution is -2.50. The molecule has 0 aliphatic carbocycles. The van der Waals surface area contributed by atoms with Gasteiger partial charge < -0.3 is 15.5 Å². The summed E-state index contributed by atoms with van der Waals surface area (Å²) in [5, 5.41) is 6.50. The van der Waals surface area contributed by atoms with Crippen LogP contribution in [0.5, 0.6) is 0 Å². The second kappa shape index (κ2) is 5.55. The molecule has 3 N–H and O–H groups in total. The fraction of sp³-hybridized carbons (Fsp3) is 0.615. The standard InChI is InChI=1S/C13H18ClN5O2/c14-10-11(16-17-12(10)15)13(21)18-5-1-3-8(7-18)19-6-2-4-9(19)20/h8H,1-7H2,(H3,15,16,17)/t8-/m0/s1. The molecule has 21 heavy (non-hydrogen) atoms. The summed E-state index contributed by atoms with van der Waals surface area (Å²) in [6, 6.07) is 0.108. The average Bonchev–Trinajstić information content (AvgIpc) is 3.06. The van der Waals surface area contributed by atoms with E-state index in [1.54, 1.807) is 4.90 Å². The summed E-state index contributed by atoms with van der Waals surface area (Å²) in [5.41, 5.74) is 5.78. The highest BCUT2D eigenvalue weighted by Crippen LogP contribution is 2.25. The maximum atomic E-state index is 12.5. The van der Waals surface area contributed by atoms with Crippen molar-refractivity contribution in [2.45, 2.75) is 31.7 Å². The Balaban J connectivity index is 1.72. The zero-order valence-corrected chi connectivity index (χ0v) is 12.4. The monoisotopic (exact) mass is 311 g/mol. The SMILES string of the molecule is Nc1n[nH]c(C(=O)N2CCC[C@H](N3CCCC3=O)C2)c1Cl. The van der Waals surface area contributed by atoms with Crippen molar-refractivity contribution in [1.82, 2.24) is 20.0 Å². The number of aromatic nitrogens is 2. The van der Waals surface area contributed by atoms with Gasteiger partial charge in [0.1, 0.15) is 10.7 Å². The predicted octanol–water partition coefficient (Wildman–Crippen LogP) is 0.872. The van der Waals surface area contributed by atoms with E-state index in [0.717, 1.165) is 25.8 Å². The van der Waals surface area contributed by atoms with Gasteiger partial charge in [-0.05, 0) is 19.3 Å². The van der Waals surface area contributed by atoms with E-state index in [2.05, 4.69) is 10.2 Å². The van der Waals surface area contributed by atoms with E-state index in [0.29, 0.717) is 19.5 Å². The fourth-order valence-corrected chi connectivity index (χ4v) is 3.26. The third-order valence-corrected chi connectivity index (χ3v) is 4.56. The highest BCUT2D eigenvalue weighted by atomic mass is 35.5. The lowest BCUT2D eigenvalue weighted by atomic mass is 10.0. The van der Waals surface area contributed by atoms with Crippen LogP contribution in [0, 0.1) is 0 Å². The molecule has 8 heteroatoms. The van der Waals surface area contributed by atoms with Crippen molar-refractivity contribution < 1.29 is 9.59 Å². The number of nitrogens with zero attached hydrogens (tertiary/aromatic N) is 3. The molecule has 114 valence electrons. The third kappa shape index (κ3) is 2.57. The molecule has 3 heterocycles. The molecule has 0 aromatic carbocycles. The Morgan fingerprint density at radius 3 is 2.81 bits per heavy atom. The Morgan fingerprint density at radius 2 is 2.19 bits per heavy atom. The molecule has 0 spiro atoms. The number of H-pyrrole nitrogens is 1. The Kier molecular flexibility index (Phi) is 3.75. The molecule has 3 rings (SSSR count). The smallest absolute Gasteiger partial charge is 0.273 e. The first-order valence-corrected chi connectivity index (χ1v) is 7.54. The summed E-state index contributed by atoms with van der Waals surface area (Å²) in [4.78, 5) is 28.0. The number of likely N-dealkylation sites (tertiary alicyclic amines) is 2. The number of nitrogens with one attached hydrogen (secondary N) is 1. The summed E-state index contributed by atoms with van der Waals surface area (Å²) in [7, 11) is 0. The number of nitrogen functional groups attached to an aromatic ring is 1. The average molecular weight is 312 g/mol. The van der Waals surface area contributed by atoms with Crippen molar-refractivity contribution in [3.8, 4) is 0 Å². The van der Waals surface area contributed by atoms with Gasteiger partial charge in [-0.15, -0.1) is 0 Å². The number of carbonyl (C=O) groups excluding carboxylic acids is 2. The molecular formula is C13H18ClN5O2. The van der Waals surface area contributed by atoms with E-state index in [4.69, 9.17) is 17.3 Å². The van der Waals surface area contributed by atoms with Crippen LogP contribution in [-0.4, -0.2) is 57.5 Å². The largest absolute Gasteiger partial charge is 0.381 e. The zero-order chi connectivity index (χ0) is 15.0. The second-order valence-corrected chi connectivity index (χ2v) is 5.91. The molecular weight excluding hydrogens is 294 g/mol. The molecule has 2 amide bonds. The quantitative estimate of drug-likeness (QED) is 0.847. The van der Waals surface area contributed by atoms with E-state index >= 15 is 0 Å². The summed E-state index contributed by atoms with van der Waals surface area (Å²) >= 11 is 5.98. The van der Waals surface area contributed by atoms with Gasteiger partial charge in [-0.3, -0.25) is 14.7 Å². The van der Waals surface area contributed by atoms with Crippen LogP contribution >= 0.6 is 11.6 Å².